The maximum atomic E-state index is 5.76. The number of aromatic nitrogens is 1. The monoisotopic (exact) mass is 270 g/mol. The average Bonchev–Trinajstić information content (AvgIpc) is 2.71. The SMILES string of the molecule is COCC(C)NC(N)=NCCCc1nc(C)cs1. The average molecular weight is 270 g/mol. The molecule has 0 aliphatic rings. The highest BCUT2D eigenvalue weighted by Gasteiger charge is 2.01. The van der Waals surface area contributed by atoms with Gasteiger partial charge in [-0.2, -0.15) is 0 Å². The molecule has 0 spiro atoms. The van der Waals surface area contributed by atoms with Crippen LogP contribution in [0.25, 0.3) is 0 Å². The number of methoxy groups -OCH3 is 1. The maximum absolute atomic E-state index is 5.76. The summed E-state index contributed by atoms with van der Waals surface area (Å²) in [6.45, 7) is 5.35. The van der Waals surface area contributed by atoms with Gasteiger partial charge in [0.2, 0.25) is 0 Å². The molecule has 3 N–H and O–H groups in total. The lowest BCUT2D eigenvalue weighted by atomic mass is 10.3. The van der Waals surface area contributed by atoms with E-state index < -0.39 is 0 Å². The number of aliphatic imine (C=N–C) groups is 1. The summed E-state index contributed by atoms with van der Waals surface area (Å²) in [4.78, 5) is 8.68. The summed E-state index contributed by atoms with van der Waals surface area (Å²) in [5.41, 5.74) is 6.85. The second-order valence-corrected chi connectivity index (χ2v) is 5.20. The Balaban J connectivity index is 2.19. The summed E-state index contributed by atoms with van der Waals surface area (Å²) in [7, 11) is 1.67. The lowest BCUT2D eigenvalue weighted by Crippen LogP contribution is -2.40. The van der Waals surface area contributed by atoms with Crippen molar-refractivity contribution in [3.63, 3.8) is 0 Å². The van der Waals surface area contributed by atoms with E-state index in [9.17, 15) is 0 Å². The first-order chi connectivity index (χ1) is 8.61. The van der Waals surface area contributed by atoms with Crippen molar-refractivity contribution in [1.29, 1.82) is 0 Å². The number of nitrogens with two attached hydrogens (primary N) is 1. The molecular weight excluding hydrogens is 248 g/mol. The van der Waals surface area contributed by atoms with Crippen LogP contribution in [0.4, 0.5) is 0 Å². The van der Waals surface area contributed by atoms with Crippen molar-refractivity contribution in [2.24, 2.45) is 10.7 Å². The summed E-state index contributed by atoms with van der Waals surface area (Å²) in [6, 6.07) is 0.181. The van der Waals surface area contributed by atoms with Crippen LogP contribution in [0.1, 0.15) is 24.0 Å². The summed E-state index contributed by atoms with van der Waals surface area (Å²) in [5, 5.41) is 6.31. The van der Waals surface area contributed by atoms with E-state index in [1.54, 1.807) is 18.4 Å². The molecule has 0 amide bonds. The Hall–Kier alpha value is -1.14. The van der Waals surface area contributed by atoms with E-state index >= 15 is 0 Å². The molecule has 0 radical (unpaired) electrons. The molecule has 1 unspecified atom stereocenters. The molecule has 5 nitrogen and oxygen atoms in total. The zero-order valence-electron chi connectivity index (χ0n) is 11.3. The predicted molar refractivity (Wildman–Crippen MR) is 76.1 cm³/mol. The number of aryl methyl sites for hydroxylation is 2. The second-order valence-electron chi connectivity index (χ2n) is 4.25. The number of hydrogen-bond donors (Lipinski definition) is 2. The second kappa shape index (κ2) is 8.05. The van der Waals surface area contributed by atoms with Gasteiger partial charge in [-0.3, -0.25) is 4.99 Å². The standard InChI is InChI=1S/C12H22N4OS/c1-9(7-17-3)16-12(13)14-6-4-5-11-15-10(2)8-18-11/h8-9H,4-7H2,1-3H3,(H3,13,14,16). The Labute approximate surface area is 112 Å². The Morgan fingerprint density at radius 1 is 1.67 bits per heavy atom. The summed E-state index contributed by atoms with van der Waals surface area (Å²) in [5.74, 6) is 0.481. The topological polar surface area (TPSA) is 72.5 Å². The van der Waals surface area contributed by atoms with Crippen molar-refractivity contribution in [3.8, 4) is 0 Å². The Bertz CT molecular complexity index is 378. The first kappa shape index (κ1) is 14.9. The van der Waals surface area contributed by atoms with E-state index in [-0.39, 0.29) is 6.04 Å². The maximum Gasteiger partial charge on any atom is 0.188 e. The molecule has 1 atom stereocenters. The third-order valence-electron chi connectivity index (χ3n) is 2.31. The van der Waals surface area contributed by atoms with Crippen LogP contribution in [0, 0.1) is 6.92 Å². The molecule has 1 aromatic rings. The van der Waals surface area contributed by atoms with Crippen molar-refractivity contribution in [2.75, 3.05) is 20.3 Å². The van der Waals surface area contributed by atoms with Crippen molar-refractivity contribution in [2.45, 2.75) is 32.7 Å². The third-order valence-corrected chi connectivity index (χ3v) is 3.33. The first-order valence-electron chi connectivity index (χ1n) is 6.08. The van der Waals surface area contributed by atoms with E-state index in [0.717, 1.165) is 25.1 Å². The van der Waals surface area contributed by atoms with Crippen molar-refractivity contribution < 1.29 is 4.74 Å². The van der Waals surface area contributed by atoms with Gasteiger partial charge < -0.3 is 15.8 Å². The van der Waals surface area contributed by atoms with Gasteiger partial charge in [-0.15, -0.1) is 11.3 Å². The minimum Gasteiger partial charge on any atom is -0.383 e. The van der Waals surface area contributed by atoms with Crippen molar-refractivity contribution >= 4 is 17.3 Å². The molecule has 0 fully saturated rings. The van der Waals surface area contributed by atoms with Crippen LogP contribution in [0.5, 0.6) is 0 Å². The van der Waals surface area contributed by atoms with Crippen molar-refractivity contribution in [3.05, 3.63) is 16.1 Å². The van der Waals surface area contributed by atoms with Gasteiger partial charge >= 0.3 is 0 Å². The number of ether oxygens (including phenoxy) is 1. The van der Waals surface area contributed by atoms with Crippen LogP contribution >= 0.6 is 11.3 Å². The molecule has 0 aliphatic heterocycles. The molecule has 18 heavy (non-hydrogen) atoms. The highest BCUT2D eigenvalue weighted by Crippen LogP contribution is 2.10. The Morgan fingerprint density at radius 3 is 3.06 bits per heavy atom. The van der Waals surface area contributed by atoms with Crippen LogP contribution in [0.3, 0.4) is 0 Å². The minimum atomic E-state index is 0.181. The molecule has 102 valence electrons. The van der Waals surface area contributed by atoms with Gasteiger partial charge in [0.1, 0.15) is 0 Å². The van der Waals surface area contributed by atoms with Crippen LogP contribution in [0.2, 0.25) is 0 Å². The molecule has 0 aromatic carbocycles. The van der Waals surface area contributed by atoms with E-state index in [1.165, 1.54) is 5.01 Å². The zero-order chi connectivity index (χ0) is 13.4. The Morgan fingerprint density at radius 2 is 2.44 bits per heavy atom. The van der Waals surface area contributed by atoms with Gasteiger partial charge in [0.15, 0.2) is 5.96 Å². The molecule has 0 aliphatic carbocycles. The number of guanidine groups is 1. The molecule has 6 heteroatoms. The fraction of sp³-hybridized carbons (Fsp3) is 0.667. The molecule has 0 saturated carbocycles. The zero-order valence-corrected chi connectivity index (χ0v) is 12.1. The van der Waals surface area contributed by atoms with E-state index in [2.05, 4.69) is 20.7 Å². The lowest BCUT2D eigenvalue weighted by Gasteiger charge is -2.12. The lowest BCUT2D eigenvalue weighted by molar-refractivity contribution is 0.179. The quantitative estimate of drug-likeness (QED) is 0.445. The highest BCUT2D eigenvalue weighted by atomic mass is 32.1. The molecule has 1 aromatic heterocycles. The number of rotatable bonds is 7. The fourth-order valence-electron chi connectivity index (χ4n) is 1.54. The number of hydrogen-bond acceptors (Lipinski definition) is 4. The molecule has 0 saturated heterocycles. The number of nitrogens with one attached hydrogen (secondary N) is 1. The fourth-order valence-corrected chi connectivity index (χ4v) is 2.36. The van der Waals surface area contributed by atoms with Gasteiger partial charge in [0.05, 0.1) is 11.6 Å². The molecule has 1 rings (SSSR count). The van der Waals surface area contributed by atoms with Crippen LogP contribution < -0.4 is 11.1 Å². The van der Waals surface area contributed by atoms with Gasteiger partial charge in [0.25, 0.3) is 0 Å². The third kappa shape index (κ3) is 5.97. The van der Waals surface area contributed by atoms with Crippen molar-refractivity contribution in [1.82, 2.24) is 10.3 Å². The van der Waals surface area contributed by atoms with Crippen LogP contribution in [-0.2, 0) is 11.2 Å². The van der Waals surface area contributed by atoms with Crippen LogP contribution in [0.15, 0.2) is 10.4 Å². The first-order valence-corrected chi connectivity index (χ1v) is 6.96. The van der Waals surface area contributed by atoms with E-state index in [0.29, 0.717) is 12.6 Å². The molecule has 0 bridgehead atoms. The van der Waals surface area contributed by atoms with Gasteiger partial charge in [-0.1, -0.05) is 0 Å². The number of thiazole rings is 1. The van der Waals surface area contributed by atoms with Crippen LogP contribution in [-0.4, -0.2) is 37.2 Å². The van der Waals surface area contributed by atoms with Gasteiger partial charge in [-0.25, -0.2) is 4.98 Å². The smallest absolute Gasteiger partial charge is 0.188 e. The van der Waals surface area contributed by atoms with E-state index in [1.807, 2.05) is 13.8 Å². The minimum absolute atomic E-state index is 0.181. The van der Waals surface area contributed by atoms with E-state index in [4.69, 9.17) is 10.5 Å². The normalized spacial score (nSPS) is 13.6. The Kier molecular flexibility index (Phi) is 6.67. The largest absolute Gasteiger partial charge is 0.383 e. The van der Waals surface area contributed by atoms with Gasteiger partial charge in [0, 0.05) is 37.2 Å². The molecule has 1 heterocycles. The predicted octanol–water partition coefficient (Wildman–Crippen LogP) is 1.32. The summed E-state index contributed by atoms with van der Waals surface area (Å²) >= 11 is 1.70. The highest BCUT2D eigenvalue weighted by molar-refractivity contribution is 7.09. The molecular formula is C12H22N4OS. The van der Waals surface area contributed by atoms with Gasteiger partial charge in [-0.05, 0) is 20.3 Å². The summed E-state index contributed by atoms with van der Waals surface area (Å²) < 4.78 is 5.01. The summed E-state index contributed by atoms with van der Waals surface area (Å²) in [6.07, 6.45) is 1.93. The number of nitrogens with zero attached hydrogens (tertiary/aromatic N) is 2.